The normalized spacial score (nSPS) is 13.8. The van der Waals surface area contributed by atoms with E-state index in [0.717, 1.165) is 39.3 Å². The van der Waals surface area contributed by atoms with Gasteiger partial charge in [0.2, 0.25) is 0 Å². The summed E-state index contributed by atoms with van der Waals surface area (Å²) < 4.78 is 1.60. The lowest BCUT2D eigenvalue weighted by atomic mass is 10.0. The van der Waals surface area contributed by atoms with Crippen LogP contribution in [0.5, 0.6) is 0 Å². The van der Waals surface area contributed by atoms with Crippen molar-refractivity contribution < 1.29 is 0 Å². The van der Waals surface area contributed by atoms with Crippen LogP contribution in [0.4, 0.5) is 5.69 Å². The molecule has 0 fully saturated rings. The van der Waals surface area contributed by atoms with Gasteiger partial charge in [-0.2, -0.15) is 0 Å². The number of para-hydroxylation sites is 1. The van der Waals surface area contributed by atoms with Crippen LogP contribution in [-0.4, -0.2) is 16.0 Å². The van der Waals surface area contributed by atoms with Gasteiger partial charge in [-0.3, -0.25) is 14.9 Å². The average molecular weight is 377 g/mol. The van der Waals surface area contributed by atoms with Crippen LogP contribution in [0.1, 0.15) is 16.7 Å². The lowest BCUT2D eigenvalue weighted by molar-refractivity contribution is 0.852. The van der Waals surface area contributed by atoms with Crippen molar-refractivity contribution in [1.82, 2.24) is 9.78 Å². The van der Waals surface area contributed by atoms with Gasteiger partial charge in [0, 0.05) is 22.9 Å². The molecule has 1 aliphatic heterocycles. The molecule has 0 spiro atoms. The standard InChI is InChI=1S/C25H19N3O/c1-17-11-13-20(14-12-17)28-25(29)22(24(27-28)18-7-3-2-4-8-18)15-19-16-26-23-10-6-5-9-21(19)23/h2-16,27H,1H3/b19-15+. The molecule has 3 aromatic carbocycles. The Balaban J connectivity index is 1.72. The molecular formula is C25H19N3O. The van der Waals surface area contributed by atoms with Crippen LogP contribution in [-0.2, 0) is 0 Å². The molecule has 4 aromatic rings. The molecule has 2 heterocycles. The molecule has 4 heteroatoms. The van der Waals surface area contributed by atoms with Gasteiger partial charge in [-0.25, -0.2) is 4.68 Å². The Hall–Kier alpha value is -3.92. The van der Waals surface area contributed by atoms with Gasteiger partial charge in [-0.1, -0.05) is 66.2 Å². The number of rotatable bonds is 3. The van der Waals surface area contributed by atoms with Crippen LogP contribution >= 0.6 is 0 Å². The second-order valence-electron chi connectivity index (χ2n) is 7.12. The number of allylic oxidation sites excluding steroid dienone is 1. The topological polar surface area (TPSA) is 50.1 Å². The smallest absolute Gasteiger partial charge is 0.279 e. The highest BCUT2D eigenvalue weighted by Gasteiger charge is 2.18. The van der Waals surface area contributed by atoms with E-state index in [1.54, 1.807) is 4.68 Å². The molecule has 29 heavy (non-hydrogen) atoms. The highest BCUT2D eigenvalue weighted by Crippen LogP contribution is 2.33. The fraction of sp³-hybridized carbons (Fsp3) is 0.0400. The van der Waals surface area contributed by atoms with Crippen LogP contribution in [0.2, 0.25) is 0 Å². The number of aromatic nitrogens is 2. The van der Waals surface area contributed by atoms with Gasteiger partial charge in [0.05, 0.1) is 22.6 Å². The van der Waals surface area contributed by atoms with E-state index < -0.39 is 0 Å². The van der Waals surface area contributed by atoms with Crippen molar-refractivity contribution in [3.63, 3.8) is 0 Å². The summed E-state index contributed by atoms with van der Waals surface area (Å²) in [5, 5.41) is 3.32. The van der Waals surface area contributed by atoms with Crippen LogP contribution in [0.15, 0.2) is 88.6 Å². The van der Waals surface area contributed by atoms with E-state index in [4.69, 9.17) is 0 Å². The predicted molar refractivity (Wildman–Crippen MR) is 119 cm³/mol. The fourth-order valence-electron chi connectivity index (χ4n) is 3.59. The number of H-pyrrole nitrogens is 1. The summed E-state index contributed by atoms with van der Waals surface area (Å²) in [5.41, 5.74) is 7.15. The minimum Gasteiger partial charge on any atom is -0.290 e. The number of aliphatic imine (C=N–C) groups is 1. The number of hydrogen-bond donors (Lipinski definition) is 1. The largest absolute Gasteiger partial charge is 0.290 e. The number of benzene rings is 3. The predicted octanol–water partition coefficient (Wildman–Crippen LogP) is 5.40. The molecule has 0 aliphatic carbocycles. The number of aryl methyl sites for hydroxylation is 1. The van der Waals surface area contributed by atoms with Gasteiger partial charge >= 0.3 is 0 Å². The monoisotopic (exact) mass is 377 g/mol. The molecule has 4 nitrogen and oxygen atoms in total. The molecule has 5 rings (SSSR count). The summed E-state index contributed by atoms with van der Waals surface area (Å²) in [6, 6.07) is 25.8. The lowest BCUT2D eigenvalue weighted by Gasteiger charge is -2.03. The van der Waals surface area contributed by atoms with Crippen molar-refractivity contribution in [1.29, 1.82) is 0 Å². The maximum atomic E-state index is 13.4. The molecule has 0 atom stereocenters. The maximum Gasteiger partial charge on any atom is 0.279 e. The molecule has 1 aliphatic rings. The quantitative estimate of drug-likeness (QED) is 0.511. The number of hydrogen-bond acceptors (Lipinski definition) is 2. The van der Waals surface area contributed by atoms with Crippen LogP contribution < -0.4 is 5.56 Å². The SMILES string of the molecule is Cc1ccc(-n2[nH]c(-c3ccccc3)c(/C=C3\C=Nc4ccccc43)c2=O)cc1. The molecule has 140 valence electrons. The Morgan fingerprint density at radius 3 is 2.41 bits per heavy atom. The average Bonchev–Trinajstić information content (AvgIpc) is 3.31. The van der Waals surface area contributed by atoms with E-state index in [9.17, 15) is 4.79 Å². The summed E-state index contributed by atoms with van der Waals surface area (Å²) in [6.07, 6.45) is 3.75. The fourth-order valence-corrected chi connectivity index (χ4v) is 3.59. The molecule has 0 bridgehead atoms. The number of nitrogens with one attached hydrogen (secondary N) is 1. The highest BCUT2D eigenvalue weighted by molar-refractivity contribution is 6.21. The summed E-state index contributed by atoms with van der Waals surface area (Å²) in [6.45, 7) is 2.03. The van der Waals surface area contributed by atoms with Crippen LogP contribution in [0.25, 0.3) is 28.6 Å². The minimum atomic E-state index is -0.0852. The molecule has 0 saturated heterocycles. The zero-order chi connectivity index (χ0) is 19.8. The molecule has 0 amide bonds. The highest BCUT2D eigenvalue weighted by atomic mass is 16.1. The van der Waals surface area contributed by atoms with E-state index in [-0.39, 0.29) is 5.56 Å². The molecule has 1 N–H and O–H groups in total. The molecule has 0 unspecified atom stereocenters. The van der Waals surface area contributed by atoms with Crippen LogP contribution in [0.3, 0.4) is 0 Å². The van der Waals surface area contributed by atoms with Crippen molar-refractivity contribution in [2.75, 3.05) is 0 Å². The summed E-state index contributed by atoms with van der Waals surface area (Å²) in [4.78, 5) is 17.9. The van der Waals surface area contributed by atoms with Crippen LogP contribution in [0, 0.1) is 6.92 Å². The van der Waals surface area contributed by atoms with E-state index in [1.165, 1.54) is 0 Å². The van der Waals surface area contributed by atoms with E-state index >= 15 is 0 Å². The van der Waals surface area contributed by atoms with Gasteiger partial charge in [-0.05, 0) is 31.2 Å². The Kier molecular flexibility index (Phi) is 4.10. The van der Waals surface area contributed by atoms with Gasteiger partial charge in [0.15, 0.2) is 0 Å². The molecule has 0 saturated carbocycles. The van der Waals surface area contributed by atoms with Gasteiger partial charge in [-0.15, -0.1) is 0 Å². The van der Waals surface area contributed by atoms with Crippen molar-refractivity contribution in [3.8, 4) is 16.9 Å². The zero-order valence-electron chi connectivity index (χ0n) is 16.0. The maximum absolute atomic E-state index is 13.4. The Morgan fingerprint density at radius 2 is 1.62 bits per heavy atom. The van der Waals surface area contributed by atoms with E-state index in [0.29, 0.717) is 5.56 Å². The summed E-state index contributed by atoms with van der Waals surface area (Å²) in [5.74, 6) is 0. The van der Waals surface area contributed by atoms with Crippen molar-refractivity contribution in [3.05, 3.63) is 106 Å². The van der Waals surface area contributed by atoms with Crippen molar-refractivity contribution in [2.24, 2.45) is 4.99 Å². The summed E-state index contributed by atoms with van der Waals surface area (Å²) in [7, 11) is 0. The van der Waals surface area contributed by atoms with Gasteiger partial charge in [0.1, 0.15) is 0 Å². The Morgan fingerprint density at radius 1 is 0.897 bits per heavy atom. The number of aromatic amines is 1. The van der Waals surface area contributed by atoms with E-state index in [1.807, 2.05) is 98.1 Å². The number of fused-ring (bicyclic) bond motifs is 1. The third-order valence-electron chi connectivity index (χ3n) is 5.14. The van der Waals surface area contributed by atoms with Crippen molar-refractivity contribution in [2.45, 2.75) is 6.92 Å². The summed E-state index contributed by atoms with van der Waals surface area (Å²) >= 11 is 0. The molecule has 0 radical (unpaired) electrons. The third-order valence-corrected chi connectivity index (χ3v) is 5.14. The van der Waals surface area contributed by atoms with Gasteiger partial charge < -0.3 is 0 Å². The first-order chi connectivity index (χ1) is 14.2. The Bertz CT molecular complexity index is 1310. The number of nitrogens with zero attached hydrogens (tertiary/aromatic N) is 2. The lowest BCUT2D eigenvalue weighted by Crippen LogP contribution is -2.15. The molecule has 1 aromatic heterocycles. The zero-order valence-corrected chi connectivity index (χ0v) is 16.0. The first-order valence-electron chi connectivity index (χ1n) is 9.53. The minimum absolute atomic E-state index is 0.0852. The Labute approximate surface area is 168 Å². The second kappa shape index (κ2) is 6.91. The van der Waals surface area contributed by atoms with Crippen molar-refractivity contribution >= 4 is 23.6 Å². The van der Waals surface area contributed by atoms with E-state index in [2.05, 4.69) is 10.1 Å². The first-order valence-corrected chi connectivity index (χ1v) is 9.53. The van der Waals surface area contributed by atoms with Gasteiger partial charge in [0.25, 0.3) is 5.56 Å². The first kappa shape index (κ1) is 17.2. The molecular weight excluding hydrogens is 358 g/mol. The second-order valence-corrected chi connectivity index (χ2v) is 7.12. The third kappa shape index (κ3) is 3.05.